The van der Waals surface area contributed by atoms with Gasteiger partial charge in [-0.05, 0) is 31.0 Å². The van der Waals surface area contributed by atoms with E-state index < -0.39 is 0 Å². The lowest BCUT2D eigenvalue weighted by Gasteiger charge is -1.95. The first kappa shape index (κ1) is 11.5. The summed E-state index contributed by atoms with van der Waals surface area (Å²) in [5, 5.41) is 1.05. The highest BCUT2D eigenvalue weighted by Gasteiger charge is 2.02. The van der Waals surface area contributed by atoms with Crippen molar-refractivity contribution in [3.8, 4) is 0 Å². The minimum atomic E-state index is 1.05. The van der Waals surface area contributed by atoms with E-state index in [4.69, 9.17) is 0 Å². The lowest BCUT2D eigenvalue weighted by Crippen LogP contribution is -1.81. The predicted molar refractivity (Wildman–Crippen MR) is 71.1 cm³/mol. The van der Waals surface area contributed by atoms with Crippen molar-refractivity contribution >= 4 is 22.8 Å². The third kappa shape index (κ3) is 2.79. The maximum Gasteiger partial charge on any atom is 0.166 e. The van der Waals surface area contributed by atoms with E-state index in [1.807, 2.05) is 11.8 Å². The van der Waals surface area contributed by atoms with Gasteiger partial charge >= 0.3 is 0 Å². The van der Waals surface area contributed by atoms with Crippen LogP contribution in [0.4, 0.5) is 0 Å². The summed E-state index contributed by atoms with van der Waals surface area (Å²) in [4.78, 5) is 7.92. The minimum Gasteiger partial charge on any atom is -0.333 e. The molecule has 0 atom stereocenters. The zero-order chi connectivity index (χ0) is 11.4. The van der Waals surface area contributed by atoms with E-state index in [1.165, 1.54) is 24.8 Å². The van der Waals surface area contributed by atoms with Crippen LogP contribution in [-0.2, 0) is 0 Å². The minimum absolute atomic E-state index is 1.05. The Morgan fingerprint density at radius 2 is 2.19 bits per heavy atom. The molecule has 0 fully saturated rings. The summed E-state index contributed by atoms with van der Waals surface area (Å²) < 4.78 is 0. The van der Waals surface area contributed by atoms with Gasteiger partial charge in [0.25, 0.3) is 0 Å². The van der Waals surface area contributed by atoms with Crippen molar-refractivity contribution in [2.75, 3.05) is 5.75 Å². The van der Waals surface area contributed by atoms with Crippen LogP contribution >= 0.6 is 11.8 Å². The second-order valence-electron chi connectivity index (χ2n) is 4.12. The number of thioether (sulfide) groups is 1. The molecule has 0 spiro atoms. The van der Waals surface area contributed by atoms with E-state index in [1.54, 1.807) is 0 Å². The fourth-order valence-corrected chi connectivity index (χ4v) is 2.58. The summed E-state index contributed by atoms with van der Waals surface area (Å²) in [5.41, 5.74) is 3.50. The third-order valence-corrected chi connectivity index (χ3v) is 3.56. The van der Waals surface area contributed by atoms with Crippen molar-refractivity contribution < 1.29 is 0 Å². The van der Waals surface area contributed by atoms with E-state index in [9.17, 15) is 0 Å². The van der Waals surface area contributed by atoms with Gasteiger partial charge in [0.2, 0.25) is 0 Å². The van der Waals surface area contributed by atoms with E-state index in [0.29, 0.717) is 0 Å². The number of hydrogen-bond donors (Lipinski definition) is 1. The molecular formula is C13H18N2S. The van der Waals surface area contributed by atoms with E-state index >= 15 is 0 Å². The van der Waals surface area contributed by atoms with E-state index in [0.717, 1.165) is 21.9 Å². The molecule has 0 saturated carbocycles. The number of aryl methyl sites for hydroxylation is 1. The molecule has 86 valence electrons. The smallest absolute Gasteiger partial charge is 0.166 e. The van der Waals surface area contributed by atoms with E-state index in [-0.39, 0.29) is 0 Å². The van der Waals surface area contributed by atoms with Gasteiger partial charge in [0.05, 0.1) is 11.0 Å². The number of aromatic nitrogens is 2. The van der Waals surface area contributed by atoms with Crippen LogP contribution in [0.25, 0.3) is 11.0 Å². The summed E-state index contributed by atoms with van der Waals surface area (Å²) in [7, 11) is 0. The Balaban J connectivity index is 2.02. The zero-order valence-electron chi connectivity index (χ0n) is 9.92. The first-order valence-corrected chi connectivity index (χ1v) is 6.87. The second-order valence-corrected chi connectivity index (χ2v) is 5.20. The number of nitrogens with zero attached hydrogens (tertiary/aromatic N) is 1. The van der Waals surface area contributed by atoms with Crippen LogP contribution < -0.4 is 0 Å². The molecule has 1 aromatic heterocycles. The van der Waals surface area contributed by atoms with Gasteiger partial charge in [0.1, 0.15) is 0 Å². The normalized spacial score (nSPS) is 11.1. The third-order valence-electron chi connectivity index (χ3n) is 2.60. The molecule has 2 aromatic rings. The number of imidazole rings is 1. The Morgan fingerprint density at radius 3 is 3.00 bits per heavy atom. The Bertz CT molecular complexity index is 462. The van der Waals surface area contributed by atoms with Crippen LogP contribution in [0.5, 0.6) is 0 Å². The van der Waals surface area contributed by atoms with Gasteiger partial charge in [-0.15, -0.1) is 0 Å². The molecule has 0 aliphatic carbocycles. The van der Waals surface area contributed by atoms with Crippen LogP contribution in [0, 0.1) is 6.92 Å². The van der Waals surface area contributed by atoms with Gasteiger partial charge in [-0.1, -0.05) is 37.6 Å². The lowest BCUT2D eigenvalue weighted by atomic mass is 10.2. The van der Waals surface area contributed by atoms with Gasteiger partial charge in [0.15, 0.2) is 5.16 Å². The molecule has 0 amide bonds. The summed E-state index contributed by atoms with van der Waals surface area (Å²) >= 11 is 1.83. The molecule has 0 unspecified atom stereocenters. The van der Waals surface area contributed by atoms with E-state index in [2.05, 4.69) is 42.0 Å². The highest BCUT2D eigenvalue weighted by molar-refractivity contribution is 7.99. The van der Waals surface area contributed by atoms with Gasteiger partial charge in [0, 0.05) is 5.75 Å². The number of H-pyrrole nitrogens is 1. The molecule has 1 N–H and O–H groups in total. The molecule has 0 saturated heterocycles. The molecule has 1 aromatic carbocycles. The average Bonchev–Trinajstić information content (AvgIpc) is 2.66. The zero-order valence-corrected chi connectivity index (χ0v) is 10.7. The van der Waals surface area contributed by atoms with Gasteiger partial charge in [-0.3, -0.25) is 0 Å². The van der Waals surface area contributed by atoms with Gasteiger partial charge < -0.3 is 4.98 Å². The van der Waals surface area contributed by atoms with Crippen molar-refractivity contribution in [3.63, 3.8) is 0 Å². The highest BCUT2D eigenvalue weighted by atomic mass is 32.2. The summed E-state index contributed by atoms with van der Waals surface area (Å²) in [5.74, 6) is 1.16. The standard InChI is InChI=1S/C13H18N2S/c1-3-4-5-8-16-13-14-11-7-6-10(2)9-12(11)15-13/h6-7,9H,3-5,8H2,1-2H3,(H,14,15). The molecule has 16 heavy (non-hydrogen) atoms. The Hall–Kier alpha value is -0.960. The fourth-order valence-electron chi connectivity index (χ4n) is 1.69. The van der Waals surface area contributed by atoms with Crippen molar-refractivity contribution in [2.24, 2.45) is 0 Å². The van der Waals surface area contributed by atoms with Crippen LogP contribution in [0.3, 0.4) is 0 Å². The predicted octanol–water partition coefficient (Wildman–Crippen LogP) is 4.15. The van der Waals surface area contributed by atoms with Crippen LogP contribution in [-0.4, -0.2) is 15.7 Å². The van der Waals surface area contributed by atoms with Crippen molar-refractivity contribution in [1.29, 1.82) is 0 Å². The quantitative estimate of drug-likeness (QED) is 0.622. The average molecular weight is 234 g/mol. The number of unbranched alkanes of at least 4 members (excludes halogenated alkanes) is 2. The second kappa shape index (κ2) is 5.39. The van der Waals surface area contributed by atoms with Crippen molar-refractivity contribution in [2.45, 2.75) is 38.3 Å². The Morgan fingerprint density at radius 1 is 1.31 bits per heavy atom. The Kier molecular flexibility index (Phi) is 3.88. The molecule has 2 rings (SSSR count). The number of nitrogens with one attached hydrogen (secondary N) is 1. The first-order chi connectivity index (χ1) is 7.79. The van der Waals surface area contributed by atoms with Crippen molar-refractivity contribution in [1.82, 2.24) is 9.97 Å². The lowest BCUT2D eigenvalue weighted by molar-refractivity contribution is 0.777. The molecule has 0 aliphatic heterocycles. The highest BCUT2D eigenvalue weighted by Crippen LogP contribution is 2.21. The Labute approximate surface area is 101 Å². The van der Waals surface area contributed by atoms with Gasteiger partial charge in [-0.2, -0.15) is 0 Å². The van der Waals surface area contributed by atoms with Gasteiger partial charge in [-0.25, -0.2) is 4.98 Å². The van der Waals surface area contributed by atoms with Crippen LogP contribution in [0.15, 0.2) is 23.4 Å². The summed E-state index contributed by atoms with van der Waals surface area (Å²) in [6, 6.07) is 6.34. The van der Waals surface area contributed by atoms with Crippen LogP contribution in [0.2, 0.25) is 0 Å². The summed E-state index contributed by atoms with van der Waals surface area (Å²) in [6.07, 6.45) is 3.86. The fraction of sp³-hybridized carbons (Fsp3) is 0.462. The topological polar surface area (TPSA) is 28.7 Å². The molecule has 2 nitrogen and oxygen atoms in total. The number of hydrogen-bond acceptors (Lipinski definition) is 2. The number of benzene rings is 1. The maximum absolute atomic E-state index is 4.56. The maximum atomic E-state index is 4.56. The number of aromatic amines is 1. The molecule has 0 bridgehead atoms. The molecule has 0 aliphatic rings. The molecule has 3 heteroatoms. The largest absolute Gasteiger partial charge is 0.333 e. The molecular weight excluding hydrogens is 216 g/mol. The first-order valence-electron chi connectivity index (χ1n) is 5.89. The SMILES string of the molecule is CCCCCSc1nc2ccc(C)cc2[nH]1. The number of fused-ring (bicyclic) bond motifs is 1. The molecule has 1 heterocycles. The van der Waals surface area contributed by atoms with Crippen molar-refractivity contribution in [3.05, 3.63) is 23.8 Å². The molecule has 0 radical (unpaired) electrons. The van der Waals surface area contributed by atoms with Crippen LogP contribution in [0.1, 0.15) is 31.7 Å². The number of rotatable bonds is 5. The monoisotopic (exact) mass is 234 g/mol. The summed E-state index contributed by atoms with van der Waals surface area (Å²) in [6.45, 7) is 4.34.